The fraction of sp³-hybridized carbons (Fsp3) is 0.172. The molecule has 3 aromatic rings. The zero-order valence-corrected chi connectivity index (χ0v) is 21.5. The van der Waals surface area contributed by atoms with Crippen molar-refractivity contribution < 1.29 is 23.8 Å². The third-order valence-corrected chi connectivity index (χ3v) is 6.35. The topological polar surface area (TPSA) is 61.8 Å². The van der Waals surface area contributed by atoms with Crippen molar-refractivity contribution in [1.29, 1.82) is 0 Å². The minimum atomic E-state index is -0.862. The number of hydrogen-bond acceptors (Lipinski definition) is 7. The van der Waals surface area contributed by atoms with Crippen molar-refractivity contribution in [2.75, 3.05) is 6.61 Å². The van der Waals surface area contributed by atoms with Gasteiger partial charge in [-0.2, -0.15) is 0 Å². The van der Waals surface area contributed by atoms with E-state index in [0.29, 0.717) is 29.2 Å². The molecule has 1 aliphatic rings. The third kappa shape index (κ3) is 6.74. The van der Waals surface area contributed by atoms with Gasteiger partial charge in [-0.15, -0.1) is 0 Å². The molecule has 36 heavy (non-hydrogen) atoms. The molecule has 0 bridgehead atoms. The molecule has 0 atom stereocenters. The van der Waals surface area contributed by atoms with Crippen molar-refractivity contribution in [2.45, 2.75) is 37.0 Å². The number of benzene rings is 3. The van der Waals surface area contributed by atoms with E-state index in [4.69, 9.17) is 14.2 Å². The van der Waals surface area contributed by atoms with E-state index in [0.717, 1.165) is 20.9 Å². The van der Waals surface area contributed by atoms with E-state index < -0.39 is 6.48 Å². The minimum absolute atomic E-state index is 0.0394. The van der Waals surface area contributed by atoms with E-state index in [1.807, 2.05) is 67.6 Å². The van der Waals surface area contributed by atoms with Gasteiger partial charge in [0.2, 0.25) is 0 Å². The van der Waals surface area contributed by atoms with Crippen LogP contribution >= 0.6 is 23.5 Å². The van der Waals surface area contributed by atoms with Gasteiger partial charge in [-0.25, -0.2) is 0 Å². The lowest BCUT2D eigenvalue weighted by Gasteiger charge is -2.08. The summed E-state index contributed by atoms with van der Waals surface area (Å²) in [6.45, 7) is 4.50. The summed E-state index contributed by atoms with van der Waals surface area (Å²) in [7, 11) is 0. The molecule has 180 valence electrons. The summed E-state index contributed by atoms with van der Waals surface area (Å²) in [6, 6.07) is 18.7. The standard InChI is InChI=1S/C29H22O5S2/c1-4-32-29-33-27-23(11-5-21-7-15-25(16-8-21)35-19(2)30)13-14-24(28(27)34-29)12-6-22-9-17-26(18-10-22)36-20(3)31/h7-10,13-18,29H,4H2,1-3H3. The van der Waals surface area contributed by atoms with E-state index in [1.54, 1.807) is 0 Å². The van der Waals surface area contributed by atoms with Gasteiger partial charge in [0.25, 0.3) is 0 Å². The summed E-state index contributed by atoms with van der Waals surface area (Å²) in [5, 5.41) is 0.0789. The Morgan fingerprint density at radius 1 is 0.722 bits per heavy atom. The molecular formula is C29H22O5S2. The molecule has 3 aromatic carbocycles. The first-order valence-corrected chi connectivity index (χ1v) is 12.8. The van der Waals surface area contributed by atoms with Gasteiger partial charge in [-0.05, 0) is 67.6 Å². The second kappa shape index (κ2) is 11.9. The lowest BCUT2D eigenvalue weighted by atomic mass is 10.1. The first kappa shape index (κ1) is 25.5. The molecule has 0 fully saturated rings. The van der Waals surface area contributed by atoms with Crippen LogP contribution in [0.15, 0.2) is 70.5 Å². The smallest absolute Gasteiger partial charge is 0.361 e. The predicted molar refractivity (Wildman–Crippen MR) is 141 cm³/mol. The maximum atomic E-state index is 11.3. The molecule has 0 aromatic heterocycles. The van der Waals surface area contributed by atoms with E-state index in [-0.39, 0.29) is 10.2 Å². The highest BCUT2D eigenvalue weighted by Gasteiger charge is 2.29. The molecular weight excluding hydrogens is 492 g/mol. The fourth-order valence-corrected chi connectivity index (χ4v) is 4.45. The van der Waals surface area contributed by atoms with Crippen LogP contribution in [0.5, 0.6) is 11.5 Å². The number of thioether (sulfide) groups is 2. The zero-order chi connectivity index (χ0) is 25.5. The Labute approximate surface area is 218 Å². The quantitative estimate of drug-likeness (QED) is 0.319. The predicted octanol–water partition coefficient (Wildman–Crippen LogP) is 5.85. The van der Waals surface area contributed by atoms with Crippen LogP contribution in [0.4, 0.5) is 0 Å². The van der Waals surface area contributed by atoms with Gasteiger partial charge in [0.05, 0.1) is 17.7 Å². The SMILES string of the molecule is CCOC1Oc2c(C#Cc3ccc(SC(C)=O)cc3)ccc(C#Cc3ccc(SC(C)=O)cc3)c2O1. The number of carbonyl (C=O) groups is 2. The second-order valence-electron chi connectivity index (χ2n) is 7.53. The molecule has 0 spiro atoms. The van der Waals surface area contributed by atoms with Gasteiger partial charge in [-0.3, -0.25) is 9.59 Å². The Morgan fingerprint density at radius 2 is 1.14 bits per heavy atom. The molecule has 5 nitrogen and oxygen atoms in total. The Morgan fingerprint density at radius 3 is 1.50 bits per heavy atom. The van der Waals surface area contributed by atoms with Gasteiger partial charge < -0.3 is 14.2 Å². The summed E-state index contributed by atoms with van der Waals surface area (Å²) >= 11 is 2.37. The Bertz CT molecular complexity index is 1300. The molecule has 4 rings (SSSR count). The zero-order valence-electron chi connectivity index (χ0n) is 19.9. The monoisotopic (exact) mass is 514 g/mol. The Hall–Kier alpha value is -3.62. The van der Waals surface area contributed by atoms with Gasteiger partial charge in [-0.1, -0.05) is 47.2 Å². The summed E-state index contributed by atoms with van der Waals surface area (Å²) in [6.07, 6.45) is 0. The van der Waals surface area contributed by atoms with Crippen LogP contribution in [0.25, 0.3) is 0 Å². The molecule has 0 N–H and O–H groups in total. The first-order valence-electron chi connectivity index (χ1n) is 11.1. The van der Waals surface area contributed by atoms with Crippen molar-refractivity contribution in [1.82, 2.24) is 0 Å². The molecule has 0 radical (unpaired) electrons. The van der Waals surface area contributed by atoms with Crippen molar-refractivity contribution in [3.05, 3.63) is 82.9 Å². The average Bonchev–Trinajstić information content (AvgIpc) is 3.27. The third-order valence-electron chi connectivity index (χ3n) is 4.76. The molecule has 0 saturated heterocycles. The molecule has 7 heteroatoms. The summed E-state index contributed by atoms with van der Waals surface area (Å²) in [4.78, 5) is 24.3. The number of rotatable bonds is 4. The van der Waals surface area contributed by atoms with Crippen molar-refractivity contribution in [3.63, 3.8) is 0 Å². The van der Waals surface area contributed by atoms with Crippen LogP contribution in [-0.4, -0.2) is 23.3 Å². The van der Waals surface area contributed by atoms with Crippen molar-refractivity contribution >= 4 is 33.8 Å². The lowest BCUT2D eigenvalue weighted by Crippen LogP contribution is -2.21. The normalized spacial score (nSPS) is 11.8. The van der Waals surface area contributed by atoms with E-state index in [9.17, 15) is 9.59 Å². The number of carbonyl (C=O) groups excluding carboxylic acids is 2. The number of fused-ring (bicyclic) bond motifs is 1. The first-order chi connectivity index (χ1) is 17.4. The van der Waals surface area contributed by atoms with Crippen LogP contribution in [0.2, 0.25) is 0 Å². The molecule has 1 heterocycles. The largest absolute Gasteiger partial charge is 0.427 e. The number of ether oxygens (including phenoxy) is 3. The molecule has 0 unspecified atom stereocenters. The number of hydrogen-bond donors (Lipinski definition) is 0. The van der Waals surface area contributed by atoms with Gasteiger partial charge >= 0.3 is 6.48 Å². The molecule has 0 amide bonds. The van der Waals surface area contributed by atoms with E-state index in [1.165, 1.54) is 37.4 Å². The van der Waals surface area contributed by atoms with E-state index >= 15 is 0 Å². The van der Waals surface area contributed by atoms with Crippen LogP contribution < -0.4 is 9.47 Å². The van der Waals surface area contributed by atoms with Crippen LogP contribution in [0.1, 0.15) is 43.0 Å². The van der Waals surface area contributed by atoms with Crippen LogP contribution in [0.3, 0.4) is 0 Å². The molecule has 1 aliphatic heterocycles. The summed E-state index contributed by atoms with van der Waals surface area (Å²) in [5.41, 5.74) is 2.94. The minimum Gasteiger partial charge on any atom is -0.427 e. The highest BCUT2D eigenvalue weighted by Crippen LogP contribution is 2.41. The van der Waals surface area contributed by atoms with Gasteiger partial charge in [0, 0.05) is 34.8 Å². The van der Waals surface area contributed by atoms with E-state index in [2.05, 4.69) is 23.7 Å². The van der Waals surface area contributed by atoms with Crippen molar-refractivity contribution in [3.8, 4) is 35.2 Å². The lowest BCUT2D eigenvalue weighted by molar-refractivity contribution is -0.173. The maximum absolute atomic E-state index is 11.3. The van der Waals surface area contributed by atoms with Crippen molar-refractivity contribution in [2.24, 2.45) is 0 Å². The fourth-order valence-electron chi connectivity index (χ4n) is 3.24. The summed E-state index contributed by atoms with van der Waals surface area (Å²) in [5.74, 6) is 13.5. The average molecular weight is 515 g/mol. The highest BCUT2D eigenvalue weighted by atomic mass is 32.2. The Balaban J connectivity index is 1.60. The van der Waals surface area contributed by atoms with Crippen LogP contribution in [0, 0.1) is 23.7 Å². The maximum Gasteiger partial charge on any atom is 0.361 e. The van der Waals surface area contributed by atoms with Crippen LogP contribution in [-0.2, 0) is 14.3 Å². The second-order valence-corrected chi connectivity index (χ2v) is 10.0. The molecule has 0 saturated carbocycles. The molecule has 0 aliphatic carbocycles. The highest BCUT2D eigenvalue weighted by molar-refractivity contribution is 8.13. The summed E-state index contributed by atoms with van der Waals surface area (Å²) < 4.78 is 17.3. The van der Waals surface area contributed by atoms with Gasteiger partial charge in [0.15, 0.2) is 21.7 Å². The van der Waals surface area contributed by atoms with Gasteiger partial charge in [0.1, 0.15) is 0 Å². The Kier molecular flexibility index (Phi) is 8.40.